The van der Waals surface area contributed by atoms with Crippen molar-refractivity contribution in [2.24, 2.45) is 0 Å². The molecule has 2 rings (SSSR count). The maximum absolute atomic E-state index is 12.2. The van der Waals surface area contributed by atoms with E-state index in [2.05, 4.69) is 37.2 Å². The molecular weight excluding hydrogens is 372 g/mol. The first kappa shape index (κ1) is 14.1. The first-order valence-corrected chi connectivity index (χ1v) is 7.18. The van der Waals surface area contributed by atoms with E-state index in [-0.39, 0.29) is 5.91 Å². The highest BCUT2D eigenvalue weighted by atomic mass is 79.9. The largest absolute Gasteiger partial charge is 0.398 e. The fourth-order valence-electron chi connectivity index (χ4n) is 1.64. The SMILES string of the molecule is Cc1ccc(Br)cc1C(=O)Nc1ccc(N)c(Br)c1. The summed E-state index contributed by atoms with van der Waals surface area (Å²) >= 11 is 6.70. The normalized spacial score (nSPS) is 10.3. The second kappa shape index (κ2) is 5.75. The number of hydrogen-bond acceptors (Lipinski definition) is 2. The van der Waals surface area contributed by atoms with E-state index >= 15 is 0 Å². The van der Waals surface area contributed by atoms with E-state index in [9.17, 15) is 4.79 Å². The maximum atomic E-state index is 12.2. The molecule has 3 nitrogen and oxygen atoms in total. The van der Waals surface area contributed by atoms with Gasteiger partial charge in [0.25, 0.3) is 5.91 Å². The predicted octanol–water partition coefficient (Wildman–Crippen LogP) is 4.35. The molecule has 19 heavy (non-hydrogen) atoms. The highest BCUT2D eigenvalue weighted by molar-refractivity contribution is 9.10. The minimum absolute atomic E-state index is 0.143. The minimum Gasteiger partial charge on any atom is -0.398 e. The van der Waals surface area contributed by atoms with E-state index in [0.29, 0.717) is 16.9 Å². The van der Waals surface area contributed by atoms with Gasteiger partial charge in [0, 0.05) is 25.9 Å². The van der Waals surface area contributed by atoms with Gasteiger partial charge in [0.2, 0.25) is 0 Å². The summed E-state index contributed by atoms with van der Waals surface area (Å²) in [5, 5.41) is 2.85. The summed E-state index contributed by atoms with van der Waals surface area (Å²) in [6.45, 7) is 1.90. The lowest BCUT2D eigenvalue weighted by molar-refractivity contribution is 0.102. The van der Waals surface area contributed by atoms with Crippen LogP contribution >= 0.6 is 31.9 Å². The smallest absolute Gasteiger partial charge is 0.255 e. The minimum atomic E-state index is -0.143. The highest BCUT2D eigenvalue weighted by Gasteiger charge is 2.10. The molecule has 0 heterocycles. The quantitative estimate of drug-likeness (QED) is 0.757. The van der Waals surface area contributed by atoms with Crippen LogP contribution < -0.4 is 11.1 Å². The molecule has 98 valence electrons. The number of carbonyl (C=O) groups is 1. The van der Waals surface area contributed by atoms with Gasteiger partial charge in [-0.2, -0.15) is 0 Å². The Labute approximate surface area is 128 Å². The van der Waals surface area contributed by atoms with E-state index in [1.807, 2.05) is 19.1 Å². The van der Waals surface area contributed by atoms with Crippen LogP contribution in [0.1, 0.15) is 15.9 Å². The first-order valence-electron chi connectivity index (χ1n) is 5.60. The maximum Gasteiger partial charge on any atom is 0.255 e. The molecule has 0 aromatic heterocycles. The summed E-state index contributed by atoms with van der Waals surface area (Å²) in [6, 6.07) is 10.9. The van der Waals surface area contributed by atoms with Crippen LogP contribution in [0, 0.1) is 6.92 Å². The van der Waals surface area contributed by atoms with Crippen molar-refractivity contribution in [3.63, 3.8) is 0 Å². The van der Waals surface area contributed by atoms with Crippen LogP contribution in [0.4, 0.5) is 11.4 Å². The molecule has 0 radical (unpaired) electrons. The van der Waals surface area contributed by atoms with Crippen molar-refractivity contribution in [1.29, 1.82) is 0 Å². The number of amides is 1. The zero-order valence-electron chi connectivity index (χ0n) is 10.2. The standard InChI is InChI=1S/C14H12Br2N2O/c1-8-2-3-9(15)6-11(8)14(19)18-10-4-5-13(17)12(16)7-10/h2-7H,17H2,1H3,(H,18,19). The number of halogens is 2. The molecule has 0 fully saturated rings. The molecule has 0 aliphatic rings. The first-order chi connectivity index (χ1) is 8.97. The fraction of sp³-hybridized carbons (Fsp3) is 0.0714. The lowest BCUT2D eigenvalue weighted by atomic mass is 10.1. The number of carbonyl (C=O) groups excluding carboxylic acids is 1. The van der Waals surface area contributed by atoms with Gasteiger partial charge in [0.1, 0.15) is 0 Å². The molecule has 2 aromatic carbocycles. The van der Waals surface area contributed by atoms with E-state index in [4.69, 9.17) is 5.73 Å². The summed E-state index contributed by atoms with van der Waals surface area (Å²) in [6.07, 6.45) is 0. The Morgan fingerprint density at radius 3 is 2.58 bits per heavy atom. The van der Waals surface area contributed by atoms with E-state index in [1.54, 1.807) is 24.3 Å². The third kappa shape index (κ3) is 3.36. The Morgan fingerprint density at radius 1 is 1.16 bits per heavy atom. The van der Waals surface area contributed by atoms with Crippen molar-refractivity contribution in [2.45, 2.75) is 6.92 Å². The fourth-order valence-corrected chi connectivity index (χ4v) is 2.38. The van der Waals surface area contributed by atoms with Crippen LogP contribution in [0.3, 0.4) is 0 Å². The topological polar surface area (TPSA) is 55.1 Å². The van der Waals surface area contributed by atoms with Crippen molar-refractivity contribution in [3.05, 3.63) is 56.5 Å². The average Bonchev–Trinajstić information content (AvgIpc) is 2.36. The van der Waals surface area contributed by atoms with Crippen LogP contribution in [0.2, 0.25) is 0 Å². The molecule has 0 saturated heterocycles. The summed E-state index contributed by atoms with van der Waals surface area (Å²) in [5.41, 5.74) is 8.61. The number of hydrogen-bond donors (Lipinski definition) is 2. The van der Waals surface area contributed by atoms with Gasteiger partial charge in [-0.05, 0) is 58.7 Å². The average molecular weight is 384 g/mol. The zero-order chi connectivity index (χ0) is 14.0. The third-order valence-corrected chi connectivity index (χ3v) is 3.88. The predicted molar refractivity (Wildman–Crippen MR) is 85.4 cm³/mol. The molecule has 0 atom stereocenters. The molecule has 1 amide bonds. The number of aryl methyl sites for hydroxylation is 1. The van der Waals surface area contributed by atoms with Gasteiger partial charge in [-0.3, -0.25) is 4.79 Å². The molecule has 0 unspecified atom stereocenters. The number of benzene rings is 2. The van der Waals surface area contributed by atoms with Crippen LogP contribution in [0.25, 0.3) is 0 Å². The second-order valence-electron chi connectivity index (χ2n) is 4.15. The van der Waals surface area contributed by atoms with Gasteiger partial charge >= 0.3 is 0 Å². The molecule has 0 saturated carbocycles. The number of nitrogens with one attached hydrogen (secondary N) is 1. The zero-order valence-corrected chi connectivity index (χ0v) is 13.4. The molecule has 0 bridgehead atoms. The Bertz CT molecular complexity index is 641. The molecule has 0 spiro atoms. The van der Waals surface area contributed by atoms with E-state index in [0.717, 1.165) is 14.5 Å². The summed E-state index contributed by atoms with van der Waals surface area (Å²) < 4.78 is 1.64. The molecule has 2 aromatic rings. The van der Waals surface area contributed by atoms with Gasteiger partial charge < -0.3 is 11.1 Å². The van der Waals surface area contributed by atoms with Crippen molar-refractivity contribution < 1.29 is 4.79 Å². The van der Waals surface area contributed by atoms with Gasteiger partial charge in [0.15, 0.2) is 0 Å². The van der Waals surface area contributed by atoms with Crippen LogP contribution in [0.5, 0.6) is 0 Å². The number of rotatable bonds is 2. The number of nitrogens with two attached hydrogens (primary N) is 1. The Balaban J connectivity index is 2.25. The molecule has 3 N–H and O–H groups in total. The Hall–Kier alpha value is -1.33. The monoisotopic (exact) mass is 382 g/mol. The molecule has 5 heteroatoms. The van der Waals surface area contributed by atoms with Gasteiger partial charge in [-0.15, -0.1) is 0 Å². The second-order valence-corrected chi connectivity index (χ2v) is 5.92. The van der Waals surface area contributed by atoms with Gasteiger partial charge in [-0.1, -0.05) is 22.0 Å². The van der Waals surface area contributed by atoms with Gasteiger partial charge in [-0.25, -0.2) is 0 Å². The Morgan fingerprint density at radius 2 is 1.89 bits per heavy atom. The summed E-state index contributed by atoms with van der Waals surface area (Å²) in [4.78, 5) is 12.2. The lowest BCUT2D eigenvalue weighted by Gasteiger charge is -2.09. The molecular formula is C14H12Br2N2O. The van der Waals surface area contributed by atoms with E-state index in [1.165, 1.54) is 0 Å². The molecule has 0 aliphatic heterocycles. The van der Waals surface area contributed by atoms with E-state index < -0.39 is 0 Å². The summed E-state index contributed by atoms with van der Waals surface area (Å²) in [7, 11) is 0. The highest BCUT2D eigenvalue weighted by Crippen LogP contribution is 2.24. The number of anilines is 2. The van der Waals surface area contributed by atoms with Crippen molar-refractivity contribution in [1.82, 2.24) is 0 Å². The van der Waals surface area contributed by atoms with Crippen molar-refractivity contribution in [2.75, 3.05) is 11.1 Å². The Kier molecular flexibility index (Phi) is 4.27. The van der Waals surface area contributed by atoms with Crippen molar-refractivity contribution in [3.8, 4) is 0 Å². The van der Waals surface area contributed by atoms with Crippen LogP contribution in [0.15, 0.2) is 45.3 Å². The van der Waals surface area contributed by atoms with Crippen molar-refractivity contribution >= 4 is 49.1 Å². The summed E-state index contributed by atoms with van der Waals surface area (Å²) in [5.74, 6) is -0.143. The van der Waals surface area contributed by atoms with Gasteiger partial charge in [0.05, 0.1) is 0 Å². The lowest BCUT2D eigenvalue weighted by Crippen LogP contribution is -2.13. The van der Waals surface area contributed by atoms with Crippen LogP contribution in [-0.4, -0.2) is 5.91 Å². The van der Waals surface area contributed by atoms with Crippen LogP contribution in [-0.2, 0) is 0 Å². The third-order valence-electron chi connectivity index (χ3n) is 2.70. The molecule has 0 aliphatic carbocycles. The number of nitrogen functional groups attached to an aromatic ring is 1.